The molecule has 1 aromatic heterocycles. The quantitative estimate of drug-likeness (QED) is 0.591. The SMILES string of the molecule is Cc1ccccc1Nc1cc(C(=O)N[C@@H]2CCC[C@@H](C)[C@@H]2C)c2ccccc2n1. The fourth-order valence-corrected chi connectivity index (χ4v) is 4.31. The molecule has 3 aromatic rings. The first-order valence-electron chi connectivity index (χ1n) is 10.6. The van der Waals surface area contributed by atoms with Crippen molar-refractivity contribution in [2.24, 2.45) is 11.8 Å². The van der Waals surface area contributed by atoms with Crippen LogP contribution in [0.4, 0.5) is 11.5 Å². The summed E-state index contributed by atoms with van der Waals surface area (Å²) in [7, 11) is 0. The molecule has 1 heterocycles. The topological polar surface area (TPSA) is 54.0 Å². The van der Waals surface area contributed by atoms with Crippen LogP contribution in [0.15, 0.2) is 54.6 Å². The van der Waals surface area contributed by atoms with E-state index in [2.05, 4.69) is 37.5 Å². The first-order chi connectivity index (χ1) is 14.0. The van der Waals surface area contributed by atoms with E-state index in [1.807, 2.05) is 48.5 Å². The van der Waals surface area contributed by atoms with Crippen LogP contribution in [0.3, 0.4) is 0 Å². The van der Waals surface area contributed by atoms with E-state index >= 15 is 0 Å². The first-order valence-corrected chi connectivity index (χ1v) is 10.6. The monoisotopic (exact) mass is 387 g/mol. The zero-order chi connectivity index (χ0) is 20.4. The standard InChI is InChI=1S/C25H29N3O/c1-16-10-8-14-22(18(16)3)28-25(29)20-15-24(26-21-12-6-4-9-17(21)2)27-23-13-7-5-11-19(20)23/h4-7,9,11-13,15-16,18,22H,8,10,14H2,1-3H3,(H,26,27)(H,28,29)/t16-,18+,22-/m1/s1. The highest BCUT2D eigenvalue weighted by atomic mass is 16.1. The molecule has 1 aliphatic rings. The number of para-hydroxylation sites is 2. The number of pyridine rings is 1. The van der Waals surface area contributed by atoms with Crippen molar-refractivity contribution in [2.75, 3.05) is 5.32 Å². The van der Waals surface area contributed by atoms with Gasteiger partial charge in [0.15, 0.2) is 0 Å². The minimum Gasteiger partial charge on any atom is -0.349 e. The number of anilines is 2. The van der Waals surface area contributed by atoms with Crippen molar-refractivity contribution in [3.05, 3.63) is 65.7 Å². The highest BCUT2D eigenvalue weighted by Crippen LogP contribution is 2.30. The summed E-state index contributed by atoms with van der Waals surface area (Å²) in [6.45, 7) is 6.60. The number of hydrogen-bond acceptors (Lipinski definition) is 3. The van der Waals surface area contributed by atoms with E-state index < -0.39 is 0 Å². The van der Waals surface area contributed by atoms with E-state index in [0.717, 1.165) is 28.6 Å². The largest absolute Gasteiger partial charge is 0.349 e. The number of aryl methyl sites for hydroxylation is 1. The highest BCUT2D eigenvalue weighted by molar-refractivity contribution is 6.07. The fraction of sp³-hybridized carbons (Fsp3) is 0.360. The van der Waals surface area contributed by atoms with Crippen molar-refractivity contribution in [2.45, 2.75) is 46.1 Å². The molecule has 0 spiro atoms. The second-order valence-electron chi connectivity index (χ2n) is 8.36. The molecule has 150 valence electrons. The Hall–Kier alpha value is -2.88. The lowest BCUT2D eigenvalue weighted by Gasteiger charge is -2.34. The Morgan fingerprint density at radius 1 is 1.03 bits per heavy atom. The zero-order valence-corrected chi connectivity index (χ0v) is 17.4. The molecule has 1 fully saturated rings. The molecule has 0 saturated heterocycles. The number of carbonyl (C=O) groups excluding carboxylic acids is 1. The Kier molecular flexibility index (Phi) is 5.52. The summed E-state index contributed by atoms with van der Waals surface area (Å²) >= 11 is 0. The lowest BCUT2D eigenvalue weighted by Crippen LogP contribution is -2.43. The van der Waals surface area contributed by atoms with Crippen molar-refractivity contribution in [1.29, 1.82) is 0 Å². The van der Waals surface area contributed by atoms with Crippen LogP contribution in [0.25, 0.3) is 10.9 Å². The maximum atomic E-state index is 13.3. The molecular weight excluding hydrogens is 358 g/mol. The van der Waals surface area contributed by atoms with Crippen molar-refractivity contribution < 1.29 is 4.79 Å². The van der Waals surface area contributed by atoms with Gasteiger partial charge in [-0.25, -0.2) is 4.98 Å². The number of carbonyl (C=O) groups is 1. The molecule has 1 aliphatic carbocycles. The second-order valence-corrected chi connectivity index (χ2v) is 8.36. The molecule has 2 aromatic carbocycles. The van der Waals surface area contributed by atoms with Gasteiger partial charge >= 0.3 is 0 Å². The van der Waals surface area contributed by atoms with Gasteiger partial charge in [0.1, 0.15) is 5.82 Å². The minimum absolute atomic E-state index is 0.0117. The number of nitrogens with one attached hydrogen (secondary N) is 2. The van der Waals surface area contributed by atoms with Gasteiger partial charge in [-0.2, -0.15) is 0 Å². The van der Waals surface area contributed by atoms with Crippen molar-refractivity contribution >= 4 is 28.3 Å². The summed E-state index contributed by atoms with van der Waals surface area (Å²) in [6, 6.07) is 18.0. The van der Waals surface area contributed by atoms with Gasteiger partial charge in [0.05, 0.1) is 11.1 Å². The molecule has 1 saturated carbocycles. The number of amides is 1. The average molecular weight is 388 g/mol. The Labute approximate surface area is 172 Å². The number of benzene rings is 2. The molecule has 0 unspecified atom stereocenters. The van der Waals surface area contributed by atoms with Crippen LogP contribution < -0.4 is 10.6 Å². The summed E-state index contributed by atoms with van der Waals surface area (Å²) < 4.78 is 0. The maximum Gasteiger partial charge on any atom is 0.252 e. The van der Waals surface area contributed by atoms with Gasteiger partial charge in [-0.3, -0.25) is 4.79 Å². The third kappa shape index (κ3) is 4.12. The Balaban J connectivity index is 1.67. The van der Waals surface area contributed by atoms with Crippen LogP contribution in [0.2, 0.25) is 0 Å². The van der Waals surface area contributed by atoms with E-state index in [1.54, 1.807) is 0 Å². The summed E-state index contributed by atoms with van der Waals surface area (Å²) in [5, 5.41) is 7.59. The van der Waals surface area contributed by atoms with Crippen molar-refractivity contribution in [3.8, 4) is 0 Å². The lowest BCUT2D eigenvalue weighted by molar-refractivity contribution is 0.0892. The van der Waals surface area contributed by atoms with Crippen LogP contribution in [0.1, 0.15) is 49.0 Å². The fourth-order valence-electron chi connectivity index (χ4n) is 4.31. The molecule has 2 N–H and O–H groups in total. The highest BCUT2D eigenvalue weighted by Gasteiger charge is 2.29. The van der Waals surface area contributed by atoms with Gasteiger partial charge in [-0.1, -0.05) is 63.1 Å². The molecule has 0 aliphatic heterocycles. The molecule has 4 nitrogen and oxygen atoms in total. The van der Waals surface area contributed by atoms with Crippen LogP contribution in [0.5, 0.6) is 0 Å². The third-order valence-corrected chi connectivity index (χ3v) is 6.39. The summed E-state index contributed by atoms with van der Waals surface area (Å²) in [5.41, 5.74) is 3.63. The molecule has 4 rings (SSSR count). The minimum atomic E-state index is -0.0117. The molecule has 1 amide bonds. The molecule has 3 atom stereocenters. The number of fused-ring (bicyclic) bond motifs is 1. The summed E-state index contributed by atoms with van der Waals surface area (Å²) in [4.78, 5) is 18.0. The number of rotatable bonds is 4. The van der Waals surface area contributed by atoms with Crippen LogP contribution in [-0.4, -0.2) is 16.9 Å². The van der Waals surface area contributed by atoms with Gasteiger partial charge < -0.3 is 10.6 Å². The smallest absolute Gasteiger partial charge is 0.252 e. The van der Waals surface area contributed by atoms with Gasteiger partial charge in [-0.15, -0.1) is 0 Å². The van der Waals surface area contributed by atoms with Gasteiger partial charge in [0, 0.05) is 17.1 Å². The lowest BCUT2D eigenvalue weighted by atomic mass is 9.78. The molecule has 0 radical (unpaired) electrons. The Bertz CT molecular complexity index is 1030. The van der Waals surface area contributed by atoms with E-state index in [-0.39, 0.29) is 11.9 Å². The van der Waals surface area contributed by atoms with Crippen LogP contribution >= 0.6 is 0 Å². The van der Waals surface area contributed by atoms with Crippen LogP contribution in [0, 0.1) is 18.8 Å². The molecule has 4 heteroatoms. The molecular formula is C25H29N3O. The van der Waals surface area contributed by atoms with Gasteiger partial charge in [0.2, 0.25) is 0 Å². The number of aromatic nitrogens is 1. The molecule has 29 heavy (non-hydrogen) atoms. The predicted molar refractivity (Wildman–Crippen MR) is 120 cm³/mol. The summed E-state index contributed by atoms with van der Waals surface area (Å²) in [6.07, 6.45) is 3.47. The summed E-state index contributed by atoms with van der Waals surface area (Å²) in [5.74, 6) is 1.81. The Morgan fingerprint density at radius 3 is 2.62 bits per heavy atom. The van der Waals surface area contributed by atoms with Gasteiger partial charge in [-0.05, 0) is 48.9 Å². The van der Waals surface area contributed by atoms with Crippen LogP contribution in [-0.2, 0) is 0 Å². The Morgan fingerprint density at radius 2 is 1.79 bits per heavy atom. The second kappa shape index (κ2) is 8.24. The normalized spacial score (nSPS) is 21.7. The predicted octanol–water partition coefficient (Wildman–Crippen LogP) is 5.84. The van der Waals surface area contributed by atoms with Gasteiger partial charge in [0.25, 0.3) is 5.91 Å². The van der Waals surface area contributed by atoms with E-state index in [0.29, 0.717) is 23.2 Å². The van der Waals surface area contributed by atoms with Crippen molar-refractivity contribution in [3.63, 3.8) is 0 Å². The first kappa shape index (κ1) is 19.4. The average Bonchev–Trinajstić information content (AvgIpc) is 2.72. The number of hydrogen-bond donors (Lipinski definition) is 2. The third-order valence-electron chi connectivity index (χ3n) is 6.39. The zero-order valence-electron chi connectivity index (χ0n) is 17.4. The molecule has 0 bridgehead atoms. The maximum absolute atomic E-state index is 13.3. The van der Waals surface area contributed by atoms with E-state index in [4.69, 9.17) is 4.98 Å². The van der Waals surface area contributed by atoms with E-state index in [9.17, 15) is 4.79 Å². The van der Waals surface area contributed by atoms with Crippen molar-refractivity contribution in [1.82, 2.24) is 10.3 Å². The number of nitrogens with zero attached hydrogens (tertiary/aromatic N) is 1. The van der Waals surface area contributed by atoms with E-state index in [1.165, 1.54) is 12.8 Å².